The minimum Gasteiger partial charge on any atom is -0.333 e. The van der Waals surface area contributed by atoms with Crippen LogP contribution >= 0.6 is 0 Å². The van der Waals surface area contributed by atoms with Crippen LogP contribution in [-0.4, -0.2) is 42.8 Å². The molecule has 2 saturated heterocycles. The second kappa shape index (κ2) is 3.78. The maximum absolute atomic E-state index is 13.5. The Labute approximate surface area is 104 Å². The Morgan fingerprint density at radius 3 is 2.61 bits per heavy atom. The zero-order chi connectivity index (χ0) is 12.9. The van der Waals surface area contributed by atoms with Gasteiger partial charge in [-0.25, -0.2) is 12.8 Å². The lowest BCUT2D eigenvalue weighted by atomic mass is 10.1. The van der Waals surface area contributed by atoms with E-state index in [1.807, 2.05) is 0 Å². The Balaban J connectivity index is 1.87. The smallest absolute Gasteiger partial charge is 0.257 e. The van der Waals surface area contributed by atoms with Crippen LogP contribution in [0.25, 0.3) is 0 Å². The van der Waals surface area contributed by atoms with Crippen LogP contribution in [0, 0.1) is 5.82 Å². The van der Waals surface area contributed by atoms with E-state index in [0.29, 0.717) is 6.42 Å². The summed E-state index contributed by atoms with van der Waals surface area (Å²) < 4.78 is 36.7. The summed E-state index contributed by atoms with van der Waals surface area (Å²) in [6.07, 6.45) is 0.489. The standard InChI is InChI=1S/C12H12FNO3S/c13-11-4-2-1-3-10(11)12(15)14-6-9-5-8(14)7-18(9,16)17/h1-4,8-9H,5-7H2. The molecule has 96 valence electrons. The van der Waals surface area contributed by atoms with Gasteiger partial charge in [0, 0.05) is 12.6 Å². The quantitative estimate of drug-likeness (QED) is 0.759. The van der Waals surface area contributed by atoms with E-state index >= 15 is 0 Å². The minimum absolute atomic E-state index is 0.0118. The van der Waals surface area contributed by atoms with E-state index in [-0.39, 0.29) is 23.9 Å². The average molecular weight is 269 g/mol. The van der Waals surface area contributed by atoms with Crippen LogP contribution in [0.3, 0.4) is 0 Å². The van der Waals surface area contributed by atoms with E-state index in [2.05, 4.69) is 0 Å². The summed E-state index contributed by atoms with van der Waals surface area (Å²) in [5, 5.41) is -0.460. The molecule has 0 aliphatic carbocycles. The molecule has 2 atom stereocenters. The van der Waals surface area contributed by atoms with Gasteiger partial charge in [0.2, 0.25) is 0 Å². The van der Waals surface area contributed by atoms with Gasteiger partial charge in [0.05, 0.1) is 16.6 Å². The largest absolute Gasteiger partial charge is 0.333 e. The number of carbonyl (C=O) groups excluding carboxylic acids is 1. The fourth-order valence-corrected chi connectivity index (χ4v) is 4.76. The number of hydrogen-bond acceptors (Lipinski definition) is 3. The van der Waals surface area contributed by atoms with Gasteiger partial charge >= 0.3 is 0 Å². The maximum Gasteiger partial charge on any atom is 0.257 e. The number of hydrogen-bond donors (Lipinski definition) is 0. The summed E-state index contributed by atoms with van der Waals surface area (Å²) in [6, 6.07) is 5.50. The lowest BCUT2D eigenvalue weighted by Crippen LogP contribution is -2.44. The Bertz CT molecular complexity index is 614. The Hall–Kier alpha value is -1.43. The SMILES string of the molecule is O=C(c1ccccc1F)N1CC2CC1CS2(=O)=O. The highest BCUT2D eigenvalue weighted by molar-refractivity contribution is 7.92. The number of fused-ring (bicyclic) bond motifs is 2. The normalized spacial score (nSPS) is 28.6. The Kier molecular flexibility index (Phi) is 2.45. The molecule has 0 radical (unpaired) electrons. The molecule has 2 aliphatic rings. The van der Waals surface area contributed by atoms with Gasteiger partial charge < -0.3 is 4.90 Å². The number of amides is 1. The van der Waals surface area contributed by atoms with Crippen LogP contribution in [0.1, 0.15) is 16.8 Å². The first-order valence-electron chi connectivity index (χ1n) is 5.76. The first-order chi connectivity index (χ1) is 8.49. The van der Waals surface area contributed by atoms with E-state index in [1.54, 1.807) is 6.07 Å². The molecule has 2 bridgehead atoms. The predicted molar refractivity (Wildman–Crippen MR) is 63.4 cm³/mol. The first kappa shape index (κ1) is 11.6. The summed E-state index contributed by atoms with van der Waals surface area (Å²) in [5.41, 5.74) is 0.0162. The van der Waals surface area contributed by atoms with Crippen molar-refractivity contribution in [1.82, 2.24) is 4.90 Å². The number of sulfone groups is 1. The molecule has 0 N–H and O–H groups in total. The van der Waals surface area contributed by atoms with Crippen molar-refractivity contribution in [3.63, 3.8) is 0 Å². The molecule has 3 rings (SSSR count). The highest BCUT2D eigenvalue weighted by Crippen LogP contribution is 2.34. The Morgan fingerprint density at radius 2 is 2.06 bits per heavy atom. The van der Waals surface area contributed by atoms with Crippen LogP contribution < -0.4 is 0 Å². The van der Waals surface area contributed by atoms with Crippen molar-refractivity contribution in [1.29, 1.82) is 0 Å². The zero-order valence-electron chi connectivity index (χ0n) is 9.54. The van der Waals surface area contributed by atoms with Crippen molar-refractivity contribution in [3.05, 3.63) is 35.6 Å². The fourth-order valence-electron chi connectivity index (χ4n) is 2.73. The molecule has 4 nitrogen and oxygen atoms in total. The molecule has 1 aromatic rings. The molecule has 0 spiro atoms. The summed E-state index contributed by atoms with van der Waals surface area (Å²) >= 11 is 0. The van der Waals surface area contributed by atoms with Crippen molar-refractivity contribution in [3.8, 4) is 0 Å². The Morgan fingerprint density at radius 1 is 1.33 bits per heavy atom. The molecule has 2 fully saturated rings. The molecule has 1 aromatic carbocycles. The highest BCUT2D eigenvalue weighted by atomic mass is 32.2. The van der Waals surface area contributed by atoms with Gasteiger partial charge in [-0.3, -0.25) is 4.79 Å². The monoisotopic (exact) mass is 269 g/mol. The van der Waals surface area contributed by atoms with E-state index in [0.717, 1.165) is 0 Å². The summed E-state index contributed by atoms with van der Waals surface area (Å²) in [7, 11) is -3.03. The molecule has 0 aromatic heterocycles. The van der Waals surface area contributed by atoms with Gasteiger partial charge in [0.15, 0.2) is 9.84 Å². The highest BCUT2D eigenvalue weighted by Gasteiger charge is 2.50. The second-order valence-electron chi connectivity index (χ2n) is 4.78. The van der Waals surface area contributed by atoms with Gasteiger partial charge in [0.25, 0.3) is 5.91 Å². The lowest BCUT2D eigenvalue weighted by molar-refractivity contribution is 0.0741. The van der Waals surface area contributed by atoms with Crippen molar-refractivity contribution in [2.24, 2.45) is 0 Å². The van der Waals surface area contributed by atoms with Gasteiger partial charge in [-0.1, -0.05) is 12.1 Å². The zero-order valence-corrected chi connectivity index (χ0v) is 10.4. The van der Waals surface area contributed by atoms with Crippen molar-refractivity contribution < 1.29 is 17.6 Å². The van der Waals surface area contributed by atoms with Crippen LogP contribution in [0.4, 0.5) is 4.39 Å². The van der Waals surface area contributed by atoms with Crippen LogP contribution in [-0.2, 0) is 9.84 Å². The fraction of sp³-hybridized carbons (Fsp3) is 0.417. The molecule has 2 heterocycles. The second-order valence-corrected chi connectivity index (χ2v) is 7.10. The number of benzene rings is 1. The number of nitrogens with zero attached hydrogens (tertiary/aromatic N) is 1. The number of halogens is 1. The number of likely N-dealkylation sites (tertiary alicyclic amines) is 1. The van der Waals surface area contributed by atoms with Crippen LogP contribution in [0.15, 0.2) is 24.3 Å². The minimum atomic E-state index is -3.03. The summed E-state index contributed by atoms with van der Waals surface area (Å²) in [6.45, 7) is 0.195. The third-order valence-electron chi connectivity index (χ3n) is 3.67. The molecule has 1 amide bonds. The average Bonchev–Trinajstić information content (AvgIpc) is 2.84. The van der Waals surface area contributed by atoms with Crippen molar-refractivity contribution >= 4 is 15.7 Å². The molecular weight excluding hydrogens is 257 g/mol. The van der Waals surface area contributed by atoms with Crippen LogP contribution in [0.5, 0.6) is 0 Å². The molecule has 6 heteroatoms. The first-order valence-corrected chi connectivity index (χ1v) is 7.47. The van der Waals surface area contributed by atoms with Crippen LogP contribution in [0.2, 0.25) is 0 Å². The van der Waals surface area contributed by atoms with E-state index in [4.69, 9.17) is 0 Å². The van der Waals surface area contributed by atoms with Gasteiger partial charge in [-0.15, -0.1) is 0 Å². The maximum atomic E-state index is 13.5. The van der Waals surface area contributed by atoms with E-state index < -0.39 is 26.8 Å². The van der Waals surface area contributed by atoms with Gasteiger partial charge in [0.1, 0.15) is 5.82 Å². The molecular formula is C12H12FNO3S. The molecule has 0 saturated carbocycles. The lowest BCUT2D eigenvalue weighted by Gasteiger charge is -2.27. The van der Waals surface area contributed by atoms with Gasteiger partial charge in [-0.05, 0) is 18.6 Å². The predicted octanol–water partition coefficient (Wildman–Crippen LogP) is 0.837. The topological polar surface area (TPSA) is 54.5 Å². The van der Waals surface area contributed by atoms with Gasteiger partial charge in [-0.2, -0.15) is 0 Å². The molecule has 18 heavy (non-hydrogen) atoms. The summed E-state index contributed by atoms with van der Waals surface area (Å²) in [4.78, 5) is 13.6. The third kappa shape index (κ3) is 1.63. The van der Waals surface area contributed by atoms with Crippen molar-refractivity contribution in [2.45, 2.75) is 17.7 Å². The van der Waals surface area contributed by atoms with E-state index in [9.17, 15) is 17.6 Å². The summed E-state index contributed by atoms with van der Waals surface area (Å²) in [5.74, 6) is -0.957. The van der Waals surface area contributed by atoms with Crippen molar-refractivity contribution in [2.75, 3.05) is 12.3 Å². The molecule has 2 aliphatic heterocycles. The van der Waals surface area contributed by atoms with E-state index in [1.165, 1.54) is 23.1 Å². The molecule has 2 unspecified atom stereocenters. The number of rotatable bonds is 1. The third-order valence-corrected chi connectivity index (χ3v) is 5.88. The number of carbonyl (C=O) groups is 1.